The fourth-order valence-electron chi connectivity index (χ4n) is 5.44. The number of carbonyl (C=O) groups is 2. The van der Waals surface area contributed by atoms with E-state index in [-0.39, 0.29) is 17.8 Å². The van der Waals surface area contributed by atoms with E-state index >= 15 is 0 Å². The van der Waals surface area contributed by atoms with Crippen LogP contribution in [0.25, 0.3) is 11.3 Å². The standard InChI is InChI=1S/C29H32N2O3/c32-23(10-11-24-7-4-16-34-24)9-8-21-18-26-28(27(33)19-21)25(17-20-5-2-1-3-6-20)29(31-26)22-12-14-30-15-13-22/h1-3,5-6,12-15,21,24,31H,4,7-11,16-19H2. The minimum atomic E-state index is 0.195. The molecule has 0 amide bonds. The molecule has 2 unspecified atom stereocenters. The van der Waals surface area contributed by atoms with E-state index in [9.17, 15) is 9.59 Å². The third-order valence-electron chi connectivity index (χ3n) is 7.22. The van der Waals surface area contributed by atoms with Gasteiger partial charge in [0, 0.05) is 61.5 Å². The molecule has 1 saturated heterocycles. The highest BCUT2D eigenvalue weighted by atomic mass is 16.5. The molecule has 34 heavy (non-hydrogen) atoms. The lowest BCUT2D eigenvalue weighted by atomic mass is 9.81. The number of H-pyrrole nitrogens is 1. The normalized spacial score (nSPS) is 19.8. The maximum absolute atomic E-state index is 13.4. The summed E-state index contributed by atoms with van der Waals surface area (Å²) in [6.07, 6.45) is 10.8. The van der Waals surface area contributed by atoms with Gasteiger partial charge in [0.15, 0.2) is 5.78 Å². The lowest BCUT2D eigenvalue weighted by molar-refractivity contribution is -0.120. The lowest BCUT2D eigenvalue weighted by Crippen LogP contribution is -2.21. The van der Waals surface area contributed by atoms with Crippen molar-refractivity contribution in [3.05, 3.63) is 77.2 Å². The number of hydrogen-bond acceptors (Lipinski definition) is 4. The van der Waals surface area contributed by atoms with Crippen molar-refractivity contribution in [3.63, 3.8) is 0 Å². The average molecular weight is 457 g/mol. The molecule has 1 aromatic carbocycles. The van der Waals surface area contributed by atoms with Gasteiger partial charge in [-0.3, -0.25) is 14.6 Å². The summed E-state index contributed by atoms with van der Waals surface area (Å²) in [4.78, 5) is 33.6. The number of ether oxygens (including phenoxy) is 1. The molecule has 1 N–H and O–H groups in total. The molecule has 0 spiro atoms. The van der Waals surface area contributed by atoms with Crippen molar-refractivity contribution in [2.45, 2.75) is 63.9 Å². The smallest absolute Gasteiger partial charge is 0.165 e. The van der Waals surface area contributed by atoms with E-state index in [1.807, 2.05) is 30.3 Å². The largest absolute Gasteiger partial charge is 0.378 e. The highest BCUT2D eigenvalue weighted by Gasteiger charge is 2.31. The number of Topliss-reactive ketones (excluding diaryl/α,β-unsaturated/α-hetero) is 2. The number of benzene rings is 1. The van der Waals surface area contributed by atoms with Crippen molar-refractivity contribution in [1.82, 2.24) is 9.97 Å². The molecule has 1 fully saturated rings. The Balaban J connectivity index is 1.31. The fourth-order valence-corrected chi connectivity index (χ4v) is 5.44. The van der Waals surface area contributed by atoms with Crippen LogP contribution in [0.15, 0.2) is 54.9 Å². The zero-order chi connectivity index (χ0) is 23.3. The first-order valence-electron chi connectivity index (χ1n) is 12.5. The SMILES string of the molecule is O=C(CCC1CC(=O)c2c([nH]c(-c3ccncc3)c2Cc2ccccc2)C1)CCC1CCCO1. The summed E-state index contributed by atoms with van der Waals surface area (Å²) in [6, 6.07) is 14.3. The van der Waals surface area contributed by atoms with Crippen LogP contribution >= 0.6 is 0 Å². The lowest BCUT2D eigenvalue weighted by Gasteiger charge is -2.22. The molecule has 2 aromatic heterocycles. The third-order valence-corrected chi connectivity index (χ3v) is 7.22. The number of nitrogens with one attached hydrogen (secondary N) is 1. The summed E-state index contributed by atoms with van der Waals surface area (Å²) in [5, 5.41) is 0. The minimum Gasteiger partial charge on any atom is -0.378 e. The van der Waals surface area contributed by atoms with Gasteiger partial charge in [0.2, 0.25) is 0 Å². The van der Waals surface area contributed by atoms with Gasteiger partial charge in [-0.05, 0) is 61.3 Å². The van der Waals surface area contributed by atoms with E-state index in [0.717, 1.165) is 66.8 Å². The first-order chi connectivity index (χ1) is 16.7. The van der Waals surface area contributed by atoms with Gasteiger partial charge >= 0.3 is 0 Å². The molecular formula is C29H32N2O3. The number of ketones is 2. The second-order valence-corrected chi connectivity index (χ2v) is 9.68. The molecule has 5 nitrogen and oxygen atoms in total. The van der Waals surface area contributed by atoms with E-state index in [1.54, 1.807) is 12.4 Å². The van der Waals surface area contributed by atoms with Crippen LogP contribution in [0.1, 0.15) is 72.1 Å². The Morgan fingerprint density at radius 2 is 1.82 bits per heavy atom. The Bertz CT molecular complexity index is 1130. The molecule has 0 saturated carbocycles. The van der Waals surface area contributed by atoms with Crippen LogP contribution in [0, 0.1) is 5.92 Å². The van der Waals surface area contributed by atoms with E-state index < -0.39 is 0 Å². The second kappa shape index (κ2) is 10.5. The van der Waals surface area contributed by atoms with Crippen LogP contribution in [0.3, 0.4) is 0 Å². The fraction of sp³-hybridized carbons (Fsp3) is 0.414. The molecule has 0 bridgehead atoms. The molecule has 2 atom stereocenters. The Morgan fingerprint density at radius 3 is 2.59 bits per heavy atom. The van der Waals surface area contributed by atoms with Gasteiger partial charge in [-0.15, -0.1) is 0 Å². The zero-order valence-electron chi connectivity index (χ0n) is 19.6. The summed E-state index contributed by atoms with van der Waals surface area (Å²) < 4.78 is 5.64. The second-order valence-electron chi connectivity index (χ2n) is 9.68. The molecule has 2 aliphatic rings. The highest BCUT2D eigenvalue weighted by molar-refractivity contribution is 6.02. The number of nitrogens with zero attached hydrogens (tertiary/aromatic N) is 1. The third kappa shape index (κ3) is 5.20. The predicted molar refractivity (Wildman–Crippen MR) is 132 cm³/mol. The van der Waals surface area contributed by atoms with Crippen molar-refractivity contribution in [1.29, 1.82) is 0 Å². The number of fused-ring (bicyclic) bond motifs is 1. The summed E-state index contributed by atoms with van der Waals surface area (Å²) in [6.45, 7) is 0.829. The number of rotatable bonds is 9. The maximum atomic E-state index is 13.4. The van der Waals surface area contributed by atoms with Crippen molar-refractivity contribution in [2.75, 3.05) is 6.61 Å². The van der Waals surface area contributed by atoms with E-state index in [4.69, 9.17) is 4.74 Å². The molecule has 5 rings (SSSR count). The molecule has 176 valence electrons. The first kappa shape index (κ1) is 22.7. The summed E-state index contributed by atoms with van der Waals surface area (Å²) in [7, 11) is 0. The zero-order valence-corrected chi connectivity index (χ0v) is 19.6. The molecular weight excluding hydrogens is 424 g/mol. The number of pyridine rings is 1. The molecule has 5 heteroatoms. The Kier molecular flexibility index (Phi) is 7.00. The average Bonchev–Trinajstić information content (AvgIpc) is 3.51. The van der Waals surface area contributed by atoms with Crippen molar-refractivity contribution in [3.8, 4) is 11.3 Å². The van der Waals surface area contributed by atoms with Crippen LogP contribution in [-0.4, -0.2) is 34.2 Å². The molecule has 3 heterocycles. The van der Waals surface area contributed by atoms with Gasteiger partial charge in [0.25, 0.3) is 0 Å². The van der Waals surface area contributed by atoms with Crippen LogP contribution < -0.4 is 0 Å². The minimum absolute atomic E-state index is 0.195. The van der Waals surface area contributed by atoms with Gasteiger partial charge in [-0.2, -0.15) is 0 Å². The van der Waals surface area contributed by atoms with Crippen molar-refractivity contribution in [2.24, 2.45) is 5.92 Å². The van der Waals surface area contributed by atoms with Gasteiger partial charge in [0.05, 0.1) is 11.8 Å². The molecule has 1 aliphatic carbocycles. The Labute approximate surface area is 201 Å². The van der Waals surface area contributed by atoms with Crippen molar-refractivity contribution < 1.29 is 14.3 Å². The first-order valence-corrected chi connectivity index (χ1v) is 12.5. The van der Waals surface area contributed by atoms with Gasteiger partial charge < -0.3 is 9.72 Å². The number of aromatic nitrogens is 2. The van der Waals surface area contributed by atoms with Crippen molar-refractivity contribution >= 4 is 11.6 Å². The quantitative estimate of drug-likeness (QED) is 0.447. The monoisotopic (exact) mass is 456 g/mol. The number of hydrogen-bond donors (Lipinski definition) is 1. The van der Waals surface area contributed by atoms with Crippen LogP contribution in [-0.2, 0) is 22.4 Å². The van der Waals surface area contributed by atoms with Crippen LogP contribution in [0.5, 0.6) is 0 Å². The molecule has 1 aliphatic heterocycles. The summed E-state index contributed by atoms with van der Waals surface area (Å²) >= 11 is 0. The topological polar surface area (TPSA) is 72.0 Å². The van der Waals surface area contributed by atoms with Gasteiger partial charge in [-0.1, -0.05) is 30.3 Å². The Morgan fingerprint density at radius 1 is 1.03 bits per heavy atom. The Hall–Kier alpha value is -3.05. The number of aromatic amines is 1. The highest BCUT2D eigenvalue weighted by Crippen LogP contribution is 2.37. The molecule has 0 radical (unpaired) electrons. The number of carbonyl (C=O) groups excluding carboxylic acids is 2. The van der Waals surface area contributed by atoms with E-state index in [1.165, 1.54) is 5.56 Å². The summed E-state index contributed by atoms with van der Waals surface area (Å²) in [5.74, 6) is 0.697. The van der Waals surface area contributed by atoms with Crippen LogP contribution in [0.4, 0.5) is 0 Å². The maximum Gasteiger partial charge on any atom is 0.165 e. The molecule has 3 aromatic rings. The summed E-state index contributed by atoms with van der Waals surface area (Å²) in [5.41, 5.74) is 6.19. The predicted octanol–water partition coefficient (Wildman–Crippen LogP) is 5.72. The van der Waals surface area contributed by atoms with E-state index in [0.29, 0.717) is 31.5 Å². The van der Waals surface area contributed by atoms with Gasteiger partial charge in [0.1, 0.15) is 5.78 Å². The van der Waals surface area contributed by atoms with Gasteiger partial charge in [-0.25, -0.2) is 0 Å². The van der Waals surface area contributed by atoms with Crippen LogP contribution in [0.2, 0.25) is 0 Å². The van der Waals surface area contributed by atoms with E-state index in [2.05, 4.69) is 22.1 Å².